The van der Waals surface area contributed by atoms with Crippen molar-refractivity contribution in [3.05, 3.63) is 68.7 Å². The van der Waals surface area contributed by atoms with Crippen LogP contribution in [0.2, 0.25) is 15.1 Å². The average Bonchev–Trinajstić information content (AvgIpc) is 2.62. The first-order chi connectivity index (χ1) is 12.4. The van der Waals surface area contributed by atoms with Gasteiger partial charge in [-0.15, -0.1) is 0 Å². The summed E-state index contributed by atoms with van der Waals surface area (Å²) in [5, 5.41) is 3.08. The molecule has 0 bridgehead atoms. The highest BCUT2D eigenvalue weighted by atomic mass is 35.5. The van der Waals surface area contributed by atoms with Crippen LogP contribution in [0.25, 0.3) is 0 Å². The first kappa shape index (κ1) is 20.6. The number of halogens is 3. The molecule has 0 saturated carbocycles. The fourth-order valence-corrected chi connectivity index (χ4v) is 3.02. The normalized spacial score (nSPS) is 11.7. The highest BCUT2D eigenvalue weighted by Crippen LogP contribution is 2.31. The topological polar surface area (TPSA) is 55.4 Å². The van der Waals surface area contributed by atoms with Crippen molar-refractivity contribution in [1.29, 1.82) is 0 Å². The van der Waals surface area contributed by atoms with Gasteiger partial charge in [0.25, 0.3) is 5.91 Å². The van der Waals surface area contributed by atoms with Crippen LogP contribution in [0.4, 0.5) is 0 Å². The monoisotopic (exact) mass is 413 g/mol. The predicted molar refractivity (Wildman–Crippen MR) is 104 cm³/mol. The predicted octanol–water partition coefficient (Wildman–Crippen LogP) is 4.94. The minimum Gasteiger partial charge on any atom is -0.452 e. The lowest BCUT2D eigenvalue weighted by Gasteiger charge is -2.14. The average molecular weight is 415 g/mol. The van der Waals surface area contributed by atoms with Crippen LogP contribution in [-0.4, -0.2) is 24.5 Å². The Kier molecular flexibility index (Phi) is 7.76. The van der Waals surface area contributed by atoms with Gasteiger partial charge >= 0.3 is 5.97 Å². The van der Waals surface area contributed by atoms with E-state index in [9.17, 15) is 9.59 Å². The van der Waals surface area contributed by atoms with Crippen molar-refractivity contribution in [2.45, 2.75) is 25.8 Å². The third-order valence-corrected chi connectivity index (χ3v) is 4.82. The van der Waals surface area contributed by atoms with Gasteiger partial charge in [0.05, 0.1) is 20.6 Å². The quantitative estimate of drug-likeness (QED) is 0.515. The van der Waals surface area contributed by atoms with E-state index in [1.165, 1.54) is 17.7 Å². The Morgan fingerprint density at radius 2 is 1.69 bits per heavy atom. The zero-order valence-corrected chi connectivity index (χ0v) is 16.4. The molecule has 0 saturated heterocycles. The van der Waals surface area contributed by atoms with Crippen LogP contribution in [0.15, 0.2) is 42.5 Å². The van der Waals surface area contributed by atoms with Crippen LogP contribution in [0.3, 0.4) is 0 Å². The molecule has 0 radical (unpaired) electrons. The molecule has 0 aliphatic rings. The molecule has 0 aromatic heterocycles. The molecule has 2 rings (SSSR count). The van der Waals surface area contributed by atoms with Crippen molar-refractivity contribution in [3.63, 3.8) is 0 Å². The second kappa shape index (κ2) is 9.81. The minimum absolute atomic E-state index is 0.000744. The highest BCUT2D eigenvalue weighted by Gasteiger charge is 2.20. The van der Waals surface area contributed by atoms with Crippen LogP contribution in [0, 0.1) is 0 Å². The Balaban J connectivity index is 1.81. The maximum absolute atomic E-state index is 12.1. The summed E-state index contributed by atoms with van der Waals surface area (Å²) in [7, 11) is 0. The number of esters is 1. The number of benzene rings is 2. The number of hydrogen-bond donors (Lipinski definition) is 1. The van der Waals surface area contributed by atoms with Crippen LogP contribution in [0.1, 0.15) is 29.3 Å². The number of amides is 1. The van der Waals surface area contributed by atoms with Gasteiger partial charge in [0.15, 0.2) is 6.61 Å². The van der Waals surface area contributed by atoms with Gasteiger partial charge in [0.1, 0.15) is 0 Å². The molecule has 1 N–H and O–H groups in total. The lowest BCUT2D eigenvalue weighted by molar-refractivity contribution is -0.124. The Hall–Kier alpha value is -1.75. The second-order valence-corrected chi connectivity index (χ2v) is 6.98. The Labute approximate surface area is 167 Å². The maximum atomic E-state index is 12.1. The van der Waals surface area contributed by atoms with E-state index in [2.05, 4.69) is 5.32 Å². The van der Waals surface area contributed by atoms with Crippen LogP contribution >= 0.6 is 34.8 Å². The van der Waals surface area contributed by atoms with Gasteiger partial charge in [-0.1, -0.05) is 65.1 Å². The molecule has 138 valence electrons. The van der Waals surface area contributed by atoms with Gasteiger partial charge in [-0.3, -0.25) is 4.79 Å². The highest BCUT2D eigenvalue weighted by molar-refractivity contribution is 6.46. The van der Waals surface area contributed by atoms with E-state index in [-0.39, 0.29) is 26.7 Å². The molecule has 7 heteroatoms. The fraction of sp³-hybridized carbons (Fsp3) is 0.263. The molecule has 1 atom stereocenters. The van der Waals surface area contributed by atoms with Crippen molar-refractivity contribution in [2.24, 2.45) is 0 Å². The van der Waals surface area contributed by atoms with E-state index >= 15 is 0 Å². The summed E-state index contributed by atoms with van der Waals surface area (Å²) in [5.74, 6) is -1.19. The van der Waals surface area contributed by atoms with Crippen molar-refractivity contribution in [2.75, 3.05) is 6.61 Å². The summed E-state index contributed by atoms with van der Waals surface area (Å²) in [6.45, 7) is 1.47. The second-order valence-electron chi connectivity index (χ2n) is 5.79. The molecule has 1 unspecified atom stereocenters. The Bertz CT molecular complexity index is 781. The largest absolute Gasteiger partial charge is 0.452 e. The van der Waals surface area contributed by atoms with E-state index in [1.807, 2.05) is 37.3 Å². The molecule has 0 aliphatic heterocycles. The van der Waals surface area contributed by atoms with Gasteiger partial charge < -0.3 is 10.1 Å². The smallest absolute Gasteiger partial charge is 0.341 e. The summed E-state index contributed by atoms with van der Waals surface area (Å²) in [6, 6.07) is 12.8. The molecule has 0 fully saturated rings. The van der Waals surface area contributed by atoms with Crippen molar-refractivity contribution >= 4 is 46.7 Å². The minimum atomic E-state index is -0.797. The molecule has 2 aromatic rings. The number of nitrogens with one attached hydrogen (secondary N) is 1. The number of ether oxygens (including phenoxy) is 1. The Morgan fingerprint density at radius 1 is 1.04 bits per heavy atom. The van der Waals surface area contributed by atoms with Crippen LogP contribution in [0.5, 0.6) is 0 Å². The van der Waals surface area contributed by atoms with Crippen LogP contribution in [-0.2, 0) is 16.0 Å². The summed E-state index contributed by atoms with van der Waals surface area (Å²) in [5.41, 5.74) is 1.15. The molecular weight excluding hydrogens is 397 g/mol. The van der Waals surface area contributed by atoms with Gasteiger partial charge in [-0.25, -0.2) is 4.79 Å². The first-order valence-electron chi connectivity index (χ1n) is 8.02. The molecule has 0 heterocycles. The van der Waals surface area contributed by atoms with Crippen molar-refractivity contribution in [1.82, 2.24) is 5.32 Å². The van der Waals surface area contributed by atoms with E-state index in [0.29, 0.717) is 0 Å². The number of hydrogen-bond acceptors (Lipinski definition) is 3. The van der Waals surface area contributed by atoms with E-state index in [0.717, 1.165) is 12.8 Å². The lowest BCUT2D eigenvalue weighted by Crippen LogP contribution is -2.36. The lowest BCUT2D eigenvalue weighted by atomic mass is 10.1. The SMILES string of the molecule is CC(CCc1ccccc1)NC(=O)COC(=O)c1c(Cl)ccc(Cl)c1Cl. The molecule has 26 heavy (non-hydrogen) atoms. The van der Waals surface area contributed by atoms with Crippen molar-refractivity contribution in [3.8, 4) is 0 Å². The molecule has 0 aliphatic carbocycles. The standard InChI is InChI=1S/C19H18Cl3NO3/c1-12(7-8-13-5-3-2-4-6-13)23-16(24)11-26-19(25)17-14(20)9-10-15(21)18(17)22/h2-6,9-10,12H,7-8,11H2,1H3,(H,23,24). The number of aryl methyl sites for hydroxylation is 1. The first-order valence-corrected chi connectivity index (χ1v) is 9.15. The van der Waals surface area contributed by atoms with Gasteiger partial charge in [-0.2, -0.15) is 0 Å². The van der Waals surface area contributed by atoms with E-state index < -0.39 is 18.5 Å². The van der Waals surface area contributed by atoms with Crippen molar-refractivity contribution < 1.29 is 14.3 Å². The molecule has 1 amide bonds. The summed E-state index contributed by atoms with van der Waals surface area (Å²) >= 11 is 17.8. The molecule has 0 spiro atoms. The van der Waals surface area contributed by atoms with Gasteiger partial charge in [0.2, 0.25) is 0 Å². The zero-order chi connectivity index (χ0) is 19.1. The third kappa shape index (κ3) is 5.90. The number of carbonyl (C=O) groups excluding carboxylic acids is 2. The molecular formula is C19H18Cl3NO3. The van der Waals surface area contributed by atoms with E-state index in [1.54, 1.807) is 0 Å². The number of carbonyl (C=O) groups is 2. The maximum Gasteiger partial charge on any atom is 0.341 e. The third-order valence-electron chi connectivity index (χ3n) is 3.70. The zero-order valence-electron chi connectivity index (χ0n) is 14.1. The van der Waals surface area contributed by atoms with Crippen LogP contribution < -0.4 is 5.32 Å². The van der Waals surface area contributed by atoms with Gasteiger partial charge in [0, 0.05) is 6.04 Å². The summed E-state index contributed by atoms with van der Waals surface area (Å²) < 4.78 is 4.99. The molecule has 4 nitrogen and oxygen atoms in total. The summed E-state index contributed by atoms with van der Waals surface area (Å²) in [6.07, 6.45) is 1.62. The summed E-state index contributed by atoms with van der Waals surface area (Å²) in [4.78, 5) is 24.1. The molecule has 2 aromatic carbocycles. The van der Waals surface area contributed by atoms with E-state index in [4.69, 9.17) is 39.5 Å². The van der Waals surface area contributed by atoms with Gasteiger partial charge in [-0.05, 0) is 37.5 Å². The number of rotatable bonds is 7. The fourth-order valence-electron chi connectivity index (χ4n) is 2.33. The Morgan fingerprint density at radius 3 is 2.38 bits per heavy atom.